The van der Waals surface area contributed by atoms with Gasteiger partial charge in [0.1, 0.15) is 24.7 Å². The number of nitrogens with zero attached hydrogens (tertiary/aromatic N) is 2. The van der Waals surface area contributed by atoms with E-state index in [1.165, 1.54) is 18.5 Å². The average Bonchev–Trinajstić information content (AvgIpc) is 2.85. The molecule has 0 atom stereocenters. The number of aromatic carboxylic acids is 1. The van der Waals surface area contributed by atoms with Crippen LogP contribution in [0, 0.1) is 0 Å². The van der Waals surface area contributed by atoms with Crippen LogP contribution in [0.4, 0.5) is 0 Å². The molecule has 0 radical (unpaired) electrons. The van der Waals surface area contributed by atoms with E-state index >= 15 is 0 Å². The predicted octanol–water partition coefficient (Wildman–Crippen LogP) is 1.49. The van der Waals surface area contributed by atoms with E-state index in [1.54, 1.807) is 13.2 Å². The van der Waals surface area contributed by atoms with E-state index < -0.39 is 5.97 Å². The zero-order valence-electron chi connectivity index (χ0n) is 10.2. The van der Waals surface area contributed by atoms with Gasteiger partial charge in [0.25, 0.3) is 0 Å². The maximum absolute atomic E-state index is 10.8. The molecule has 19 heavy (non-hydrogen) atoms. The number of rotatable bonds is 6. The van der Waals surface area contributed by atoms with Gasteiger partial charge in [0.2, 0.25) is 0 Å². The highest BCUT2D eigenvalue weighted by Crippen LogP contribution is 2.14. The van der Waals surface area contributed by atoms with Crippen LogP contribution in [0.5, 0.6) is 5.75 Å². The first-order valence-corrected chi connectivity index (χ1v) is 5.43. The summed E-state index contributed by atoms with van der Waals surface area (Å²) in [5, 5.41) is 12.6. The minimum Gasteiger partial charge on any atom is -0.486 e. The monoisotopic (exact) mass is 264 g/mol. The van der Waals surface area contributed by atoms with Crippen molar-refractivity contribution in [2.75, 3.05) is 7.11 Å². The molecule has 0 aliphatic heterocycles. The van der Waals surface area contributed by atoms with Crippen molar-refractivity contribution in [3.05, 3.63) is 41.5 Å². The molecule has 0 amide bonds. The van der Waals surface area contributed by atoms with Gasteiger partial charge in [0, 0.05) is 19.4 Å². The molecule has 2 rings (SSSR count). The first kappa shape index (κ1) is 13.0. The largest absolute Gasteiger partial charge is 0.486 e. The van der Waals surface area contributed by atoms with Crippen LogP contribution in [0.2, 0.25) is 0 Å². The molecule has 0 aromatic carbocycles. The van der Waals surface area contributed by atoms with Crippen molar-refractivity contribution in [3.8, 4) is 5.75 Å². The number of carbonyl (C=O) groups is 1. The Labute approximate surface area is 108 Å². The van der Waals surface area contributed by atoms with E-state index in [4.69, 9.17) is 19.1 Å². The van der Waals surface area contributed by atoms with Crippen LogP contribution in [-0.4, -0.2) is 28.3 Å². The SMILES string of the molecule is COCc1cc(COc2cncc(C(=O)O)c2)no1. The van der Waals surface area contributed by atoms with Gasteiger partial charge in [-0.2, -0.15) is 0 Å². The predicted molar refractivity (Wildman–Crippen MR) is 62.7 cm³/mol. The molecule has 0 spiro atoms. The molecule has 0 fully saturated rings. The van der Waals surface area contributed by atoms with Crippen molar-refractivity contribution in [1.82, 2.24) is 10.1 Å². The van der Waals surface area contributed by atoms with E-state index in [1.807, 2.05) is 0 Å². The van der Waals surface area contributed by atoms with Crippen LogP contribution in [0.3, 0.4) is 0 Å². The van der Waals surface area contributed by atoms with Crippen LogP contribution in [0.25, 0.3) is 0 Å². The summed E-state index contributed by atoms with van der Waals surface area (Å²) >= 11 is 0. The molecule has 0 bridgehead atoms. The molecular weight excluding hydrogens is 252 g/mol. The summed E-state index contributed by atoms with van der Waals surface area (Å²) in [6.07, 6.45) is 2.69. The van der Waals surface area contributed by atoms with Crippen LogP contribution in [0.15, 0.2) is 29.0 Å². The molecule has 1 N–H and O–H groups in total. The highest BCUT2D eigenvalue weighted by Gasteiger charge is 2.07. The molecule has 0 unspecified atom stereocenters. The molecule has 2 aromatic heterocycles. The fraction of sp³-hybridized carbons (Fsp3) is 0.250. The summed E-state index contributed by atoms with van der Waals surface area (Å²) in [5.74, 6) is -0.100. The van der Waals surface area contributed by atoms with Crippen molar-refractivity contribution in [1.29, 1.82) is 0 Å². The van der Waals surface area contributed by atoms with Crippen LogP contribution < -0.4 is 4.74 Å². The Morgan fingerprint density at radius 3 is 2.95 bits per heavy atom. The molecule has 0 saturated heterocycles. The van der Waals surface area contributed by atoms with E-state index in [2.05, 4.69) is 10.1 Å². The smallest absolute Gasteiger partial charge is 0.337 e. The molecule has 100 valence electrons. The Bertz CT molecular complexity index is 567. The highest BCUT2D eigenvalue weighted by molar-refractivity contribution is 5.87. The fourth-order valence-electron chi connectivity index (χ4n) is 1.41. The second-order valence-electron chi connectivity index (χ2n) is 3.72. The number of methoxy groups -OCH3 is 1. The number of hydrogen-bond acceptors (Lipinski definition) is 6. The normalized spacial score (nSPS) is 10.4. The Hall–Kier alpha value is -2.41. The van der Waals surface area contributed by atoms with Gasteiger partial charge in [0.15, 0.2) is 5.76 Å². The molecule has 0 aliphatic rings. The Balaban J connectivity index is 1.97. The van der Waals surface area contributed by atoms with Gasteiger partial charge < -0.3 is 19.1 Å². The van der Waals surface area contributed by atoms with Gasteiger partial charge in [-0.15, -0.1) is 0 Å². The molecule has 0 saturated carbocycles. The first-order chi connectivity index (χ1) is 9.19. The van der Waals surface area contributed by atoms with Gasteiger partial charge in [-0.3, -0.25) is 4.98 Å². The van der Waals surface area contributed by atoms with E-state index in [-0.39, 0.29) is 12.2 Å². The standard InChI is InChI=1S/C12H12N2O5/c1-17-7-11-3-9(14-19-11)6-18-10-2-8(12(15)16)4-13-5-10/h2-5H,6-7H2,1H3,(H,15,16). The molecule has 2 heterocycles. The summed E-state index contributed by atoms with van der Waals surface area (Å²) in [6.45, 7) is 0.501. The maximum atomic E-state index is 10.8. The van der Waals surface area contributed by atoms with Crippen LogP contribution in [0.1, 0.15) is 21.8 Å². The number of carboxylic acids is 1. The number of hydrogen-bond donors (Lipinski definition) is 1. The number of pyridine rings is 1. The molecule has 2 aromatic rings. The Morgan fingerprint density at radius 2 is 2.21 bits per heavy atom. The summed E-state index contributed by atoms with van der Waals surface area (Å²) in [4.78, 5) is 14.5. The van der Waals surface area contributed by atoms with Crippen molar-refractivity contribution < 1.29 is 23.9 Å². The molecule has 0 aliphatic carbocycles. The second kappa shape index (κ2) is 5.96. The average molecular weight is 264 g/mol. The minimum absolute atomic E-state index is 0.0673. The quantitative estimate of drug-likeness (QED) is 0.844. The lowest BCUT2D eigenvalue weighted by Gasteiger charge is -2.03. The number of carboxylic acid groups (broad SMARTS) is 1. The topological polar surface area (TPSA) is 94.7 Å². The summed E-state index contributed by atoms with van der Waals surface area (Å²) in [7, 11) is 1.56. The third kappa shape index (κ3) is 3.52. The van der Waals surface area contributed by atoms with Gasteiger partial charge in [0.05, 0.1) is 11.8 Å². The van der Waals surface area contributed by atoms with Crippen molar-refractivity contribution in [2.24, 2.45) is 0 Å². The van der Waals surface area contributed by atoms with Gasteiger partial charge in [-0.25, -0.2) is 4.79 Å². The fourth-order valence-corrected chi connectivity index (χ4v) is 1.41. The van der Waals surface area contributed by atoms with Crippen molar-refractivity contribution in [3.63, 3.8) is 0 Å². The van der Waals surface area contributed by atoms with E-state index in [0.717, 1.165) is 0 Å². The lowest BCUT2D eigenvalue weighted by atomic mass is 10.3. The zero-order chi connectivity index (χ0) is 13.7. The van der Waals surface area contributed by atoms with Gasteiger partial charge in [-0.1, -0.05) is 5.16 Å². The summed E-state index contributed by atoms with van der Waals surface area (Å²) in [6, 6.07) is 3.10. The maximum Gasteiger partial charge on any atom is 0.337 e. The minimum atomic E-state index is -1.05. The summed E-state index contributed by atoms with van der Waals surface area (Å²) in [5.41, 5.74) is 0.658. The Morgan fingerprint density at radius 1 is 1.37 bits per heavy atom. The van der Waals surface area contributed by atoms with Crippen molar-refractivity contribution in [2.45, 2.75) is 13.2 Å². The summed E-state index contributed by atoms with van der Waals surface area (Å²) < 4.78 is 15.3. The zero-order valence-corrected chi connectivity index (χ0v) is 10.2. The Kier molecular flexibility index (Phi) is 4.09. The molecular formula is C12H12N2O5. The lowest BCUT2D eigenvalue weighted by Crippen LogP contribution is -2.00. The van der Waals surface area contributed by atoms with Crippen molar-refractivity contribution >= 4 is 5.97 Å². The molecule has 7 heteroatoms. The highest BCUT2D eigenvalue weighted by atomic mass is 16.5. The lowest BCUT2D eigenvalue weighted by molar-refractivity contribution is 0.0696. The molecule has 7 nitrogen and oxygen atoms in total. The van der Waals surface area contributed by atoms with E-state index in [9.17, 15) is 4.79 Å². The first-order valence-electron chi connectivity index (χ1n) is 5.43. The van der Waals surface area contributed by atoms with E-state index in [0.29, 0.717) is 23.8 Å². The van der Waals surface area contributed by atoms with Gasteiger partial charge >= 0.3 is 5.97 Å². The number of aromatic nitrogens is 2. The van der Waals surface area contributed by atoms with Crippen LogP contribution >= 0.6 is 0 Å². The number of ether oxygens (including phenoxy) is 2. The third-order valence-corrected chi connectivity index (χ3v) is 2.24. The third-order valence-electron chi connectivity index (χ3n) is 2.24. The second-order valence-corrected chi connectivity index (χ2v) is 3.72. The van der Waals surface area contributed by atoms with Gasteiger partial charge in [-0.05, 0) is 6.07 Å². The van der Waals surface area contributed by atoms with Crippen LogP contribution in [-0.2, 0) is 18.0 Å².